The van der Waals surface area contributed by atoms with Crippen LogP contribution in [0.3, 0.4) is 0 Å². The maximum Gasteiger partial charge on any atom is 0.252 e. The van der Waals surface area contributed by atoms with Crippen LogP contribution in [0.15, 0.2) is 115 Å². The van der Waals surface area contributed by atoms with Gasteiger partial charge in [0.2, 0.25) is 0 Å². The van der Waals surface area contributed by atoms with Crippen molar-refractivity contribution in [2.24, 2.45) is 0 Å². The molecule has 3 aliphatic heterocycles. The van der Waals surface area contributed by atoms with E-state index in [-0.39, 0.29) is 44.7 Å². The Kier molecular flexibility index (Phi) is 9.38. The highest BCUT2D eigenvalue weighted by molar-refractivity contribution is 7.00. The highest BCUT2D eigenvalue weighted by Gasteiger charge is 2.60. The Morgan fingerprint density at radius 2 is 0.925 bits per heavy atom. The maximum absolute atomic E-state index is 2.81. The summed E-state index contributed by atoms with van der Waals surface area (Å²) in [6, 6.07) is 46.3. The lowest BCUT2D eigenvalue weighted by atomic mass is 9.33. The number of hydrogen-bond acceptors (Lipinski definition) is 3. The summed E-state index contributed by atoms with van der Waals surface area (Å²) in [5, 5.41) is 0. The van der Waals surface area contributed by atoms with Gasteiger partial charge >= 0.3 is 0 Å². The Morgan fingerprint density at radius 1 is 0.418 bits per heavy atom. The topological polar surface area (TPSA) is 9.72 Å². The third-order valence-electron chi connectivity index (χ3n) is 17.9. The Labute approximate surface area is 404 Å². The summed E-state index contributed by atoms with van der Waals surface area (Å²) in [7, 11) is 0. The first-order valence-corrected chi connectivity index (χ1v) is 25.6. The average Bonchev–Trinajstić information content (AvgIpc) is 3.67. The Hall–Kier alpha value is -5.22. The van der Waals surface area contributed by atoms with Gasteiger partial charge in [0.05, 0.1) is 5.54 Å². The fourth-order valence-corrected chi connectivity index (χ4v) is 13.3. The van der Waals surface area contributed by atoms with Crippen molar-refractivity contribution < 1.29 is 0 Å². The molecule has 4 heteroatoms. The van der Waals surface area contributed by atoms with E-state index < -0.39 is 0 Å². The van der Waals surface area contributed by atoms with Gasteiger partial charge in [-0.05, 0) is 164 Å². The van der Waals surface area contributed by atoms with Gasteiger partial charge in [0.25, 0.3) is 6.71 Å². The lowest BCUT2D eigenvalue weighted by Gasteiger charge is -2.48. The second-order valence-corrected chi connectivity index (χ2v) is 26.2. The van der Waals surface area contributed by atoms with E-state index in [0.717, 1.165) is 6.42 Å². The standard InChI is InChI=1S/C63H74BN3/c1-57(2,3)40-22-26-44(27-23-40)65-52-29-25-42(59(7,8)9)35-49(52)64-50-38-46-47(61(12,13)33-32-60(46,10)11)39-53(50)66(43-20-17-16-18-21-43)55-37-45(36-54(65)56(55)64)67-51-28-24-41(58(4,5)6)34-48(51)62(14)30-19-31-63(62,67)15/h16-18,20-29,34-39H,19,30-33H2,1-15H3. The molecule has 0 aromatic heterocycles. The molecule has 2 aliphatic carbocycles. The van der Waals surface area contributed by atoms with Crippen LogP contribution in [0, 0.1) is 0 Å². The lowest BCUT2D eigenvalue weighted by molar-refractivity contribution is 0.330. The molecule has 0 spiro atoms. The molecule has 67 heavy (non-hydrogen) atoms. The number of benzene rings is 6. The molecule has 11 rings (SSSR count). The first kappa shape index (κ1) is 44.3. The molecule has 2 unspecified atom stereocenters. The molecular weight excluding hydrogens is 810 g/mol. The highest BCUT2D eigenvalue weighted by Crippen LogP contribution is 2.63. The van der Waals surface area contributed by atoms with Crippen molar-refractivity contribution in [1.82, 2.24) is 0 Å². The van der Waals surface area contributed by atoms with Gasteiger partial charge in [-0.2, -0.15) is 0 Å². The van der Waals surface area contributed by atoms with Crippen LogP contribution >= 0.6 is 0 Å². The molecule has 1 fully saturated rings. The van der Waals surface area contributed by atoms with Crippen LogP contribution in [0.1, 0.15) is 169 Å². The van der Waals surface area contributed by atoms with Crippen LogP contribution in [0.4, 0.5) is 45.5 Å². The minimum atomic E-state index is -0.0988. The normalized spacial score (nSPS) is 22.2. The van der Waals surface area contributed by atoms with Crippen LogP contribution in [0.5, 0.6) is 0 Å². The third-order valence-corrected chi connectivity index (χ3v) is 17.9. The van der Waals surface area contributed by atoms with E-state index in [1.54, 1.807) is 0 Å². The van der Waals surface area contributed by atoms with Gasteiger partial charge in [0.15, 0.2) is 0 Å². The fraction of sp³-hybridized carbons (Fsp3) is 0.429. The number of para-hydroxylation sites is 1. The maximum atomic E-state index is 2.81. The van der Waals surface area contributed by atoms with Crippen molar-refractivity contribution in [3.05, 3.63) is 149 Å². The molecule has 0 amide bonds. The predicted octanol–water partition coefficient (Wildman–Crippen LogP) is 15.4. The van der Waals surface area contributed by atoms with Crippen LogP contribution < -0.4 is 31.1 Å². The quantitative estimate of drug-likeness (QED) is 0.164. The number of fused-ring (bicyclic) bond motifs is 8. The van der Waals surface area contributed by atoms with Gasteiger partial charge in [-0.15, -0.1) is 0 Å². The Bertz CT molecular complexity index is 2990. The smallest absolute Gasteiger partial charge is 0.252 e. The molecule has 344 valence electrons. The van der Waals surface area contributed by atoms with E-state index in [9.17, 15) is 0 Å². The van der Waals surface area contributed by atoms with Crippen LogP contribution in [0.25, 0.3) is 0 Å². The van der Waals surface area contributed by atoms with Crippen molar-refractivity contribution in [1.29, 1.82) is 0 Å². The molecule has 1 saturated carbocycles. The number of hydrogen-bond donors (Lipinski definition) is 0. The van der Waals surface area contributed by atoms with E-state index in [1.165, 1.54) is 121 Å². The molecule has 0 radical (unpaired) electrons. The summed E-state index contributed by atoms with van der Waals surface area (Å²) < 4.78 is 0. The van der Waals surface area contributed by atoms with Gasteiger partial charge in [-0.3, -0.25) is 0 Å². The van der Waals surface area contributed by atoms with Crippen LogP contribution in [0.2, 0.25) is 0 Å². The molecule has 0 saturated heterocycles. The zero-order valence-corrected chi connectivity index (χ0v) is 43.4. The van der Waals surface area contributed by atoms with Crippen molar-refractivity contribution in [2.45, 2.75) is 174 Å². The minimum absolute atomic E-state index is 0.0147. The summed E-state index contributed by atoms with van der Waals surface area (Å²) in [5.74, 6) is 0. The van der Waals surface area contributed by atoms with Gasteiger partial charge in [0, 0.05) is 50.9 Å². The van der Waals surface area contributed by atoms with Crippen molar-refractivity contribution in [3.8, 4) is 0 Å². The molecule has 0 bridgehead atoms. The zero-order valence-electron chi connectivity index (χ0n) is 43.4. The molecule has 3 heterocycles. The van der Waals surface area contributed by atoms with Crippen molar-refractivity contribution >= 4 is 68.6 Å². The first-order chi connectivity index (χ1) is 31.3. The van der Waals surface area contributed by atoms with E-state index in [0.29, 0.717) is 0 Å². The van der Waals surface area contributed by atoms with Crippen LogP contribution in [-0.4, -0.2) is 12.3 Å². The van der Waals surface area contributed by atoms with E-state index >= 15 is 0 Å². The highest BCUT2D eigenvalue weighted by atomic mass is 15.3. The van der Waals surface area contributed by atoms with Crippen LogP contribution in [-0.2, 0) is 32.5 Å². The minimum Gasteiger partial charge on any atom is -0.334 e. The molecule has 2 atom stereocenters. The molecule has 0 N–H and O–H groups in total. The van der Waals surface area contributed by atoms with E-state index in [4.69, 9.17) is 0 Å². The number of rotatable bonds is 3. The second-order valence-electron chi connectivity index (χ2n) is 26.2. The fourth-order valence-electron chi connectivity index (χ4n) is 13.3. The summed E-state index contributed by atoms with van der Waals surface area (Å²) in [5.41, 5.74) is 23.2. The molecule has 6 aromatic carbocycles. The number of nitrogens with zero attached hydrogens (tertiary/aromatic N) is 3. The van der Waals surface area contributed by atoms with Gasteiger partial charge in [-0.25, -0.2) is 0 Å². The first-order valence-electron chi connectivity index (χ1n) is 25.6. The zero-order chi connectivity index (χ0) is 47.6. The Balaban J connectivity index is 1.28. The average molecular weight is 884 g/mol. The third kappa shape index (κ3) is 6.43. The number of anilines is 8. The summed E-state index contributed by atoms with van der Waals surface area (Å²) in [4.78, 5) is 8.12. The van der Waals surface area contributed by atoms with Gasteiger partial charge in [0.1, 0.15) is 0 Å². The predicted molar refractivity (Wildman–Crippen MR) is 290 cm³/mol. The van der Waals surface area contributed by atoms with Gasteiger partial charge < -0.3 is 14.7 Å². The monoisotopic (exact) mass is 884 g/mol. The Morgan fingerprint density at radius 3 is 1.52 bits per heavy atom. The van der Waals surface area contributed by atoms with Crippen molar-refractivity contribution in [2.75, 3.05) is 14.7 Å². The SMILES string of the molecule is CC(C)(C)c1ccc(N2c3ccc(C(C)(C)C)cc3B3c4cc5c(cc4N(c4ccccc4)c4cc(N6c7ccc(C(C)(C)C)cc7C7(C)CCCC67C)cc2c43)C(C)(C)CCC5(C)C)cc1. The molecule has 3 nitrogen and oxygen atoms in total. The molecular formula is C63H74BN3. The molecule has 5 aliphatic rings. The van der Waals surface area contributed by atoms with Gasteiger partial charge in [-0.1, -0.05) is 164 Å². The summed E-state index contributed by atoms with van der Waals surface area (Å²) >= 11 is 0. The molecule has 6 aromatic rings. The summed E-state index contributed by atoms with van der Waals surface area (Å²) in [6.07, 6.45) is 5.92. The summed E-state index contributed by atoms with van der Waals surface area (Å²) in [6.45, 7) is 36.3. The largest absolute Gasteiger partial charge is 0.334 e. The van der Waals surface area contributed by atoms with E-state index in [2.05, 4.69) is 234 Å². The van der Waals surface area contributed by atoms with E-state index in [1.807, 2.05) is 0 Å². The second kappa shape index (κ2) is 14.2. The van der Waals surface area contributed by atoms with Crippen molar-refractivity contribution in [3.63, 3.8) is 0 Å². The lowest BCUT2D eigenvalue weighted by Crippen LogP contribution is -2.62.